The third-order valence-electron chi connectivity index (χ3n) is 2.78. The lowest BCUT2D eigenvalue weighted by atomic mass is 10.3. The Kier molecular flexibility index (Phi) is 4.00. The van der Waals surface area contributed by atoms with Crippen LogP contribution in [0.4, 0.5) is 5.69 Å². The highest BCUT2D eigenvalue weighted by Gasteiger charge is 2.04. The van der Waals surface area contributed by atoms with Crippen LogP contribution >= 0.6 is 0 Å². The van der Waals surface area contributed by atoms with E-state index in [9.17, 15) is 0 Å². The third-order valence-corrected chi connectivity index (χ3v) is 2.78. The molecule has 1 heterocycles. The van der Waals surface area contributed by atoms with Gasteiger partial charge < -0.3 is 5.73 Å². The molecular formula is C14H15N7. The highest BCUT2D eigenvalue weighted by molar-refractivity contribution is 6.45. The molecule has 1 aromatic heterocycles. The van der Waals surface area contributed by atoms with Crippen LogP contribution in [0.5, 0.6) is 0 Å². The van der Waals surface area contributed by atoms with Crippen molar-refractivity contribution in [1.82, 2.24) is 9.78 Å². The van der Waals surface area contributed by atoms with Crippen molar-refractivity contribution in [2.24, 2.45) is 10.8 Å². The van der Waals surface area contributed by atoms with Crippen molar-refractivity contribution in [2.45, 2.75) is 13.8 Å². The summed E-state index contributed by atoms with van der Waals surface area (Å²) in [4.78, 5) is 0. The molecule has 0 aliphatic carbocycles. The lowest BCUT2D eigenvalue weighted by Crippen LogP contribution is -2.21. The molecule has 0 saturated heterocycles. The van der Waals surface area contributed by atoms with E-state index in [1.807, 2.05) is 48.9 Å². The molecule has 21 heavy (non-hydrogen) atoms. The van der Waals surface area contributed by atoms with Crippen LogP contribution in [0.1, 0.15) is 11.4 Å². The first-order valence-corrected chi connectivity index (χ1v) is 6.23. The molecule has 2 aromatic rings. The lowest BCUT2D eigenvalue weighted by Gasteiger charge is -2.06. The number of nitrogens with two attached hydrogens (primary N) is 1. The van der Waals surface area contributed by atoms with Gasteiger partial charge in [-0.1, -0.05) is 0 Å². The summed E-state index contributed by atoms with van der Waals surface area (Å²) in [5.41, 5.74) is 11.4. The normalized spacial score (nSPS) is 11.0. The highest BCUT2D eigenvalue weighted by atomic mass is 15.3. The largest absolute Gasteiger partial charge is 0.382 e. The van der Waals surface area contributed by atoms with Gasteiger partial charge >= 0.3 is 0 Å². The molecule has 0 aliphatic heterocycles. The van der Waals surface area contributed by atoms with Gasteiger partial charge in [0.1, 0.15) is 6.07 Å². The minimum Gasteiger partial charge on any atom is -0.382 e. The summed E-state index contributed by atoms with van der Waals surface area (Å²) in [5, 5.41) is 24.1. The number of nitrogens with zero attached hydrogens (tertiary/aromatic N) is 4. The van der Waals surface area contributed by atoms with E-state index < -0.39 is 0 Å². The van der Waals surface area contributed by atoms with Crippen molar-refractivity contribution < 1.29 is 0 Å². The zero-order valence-electron chi connectivity index (χ0n) is 11.8. The molecule has 0 saturated carbocycles. The van der Waals surface area contributed by atoms with Gasteiger partial charge in [0.05, 0.1) is 17.1 Å². The second-order valence-electron chi connectivity index (χ2n) is 4.48. The number of nitriles is 1. The monoisotopic (exact) mass is 281 g/mol. The fraction of sp³-hybridized carbons (Fsp3) is 0.143. The maximum atomic E-state index is 8.75. The summed E-state index contributed by atoms with van der Waals surface area (Å²) >= 11 is 0. The number of hydrazone groups is 1. The molecule has 7 heteroatoms. The van der Waals surface area contributed by atoms with E-state index in [1.54, 1.807) is 6.07 Å². The van der Waals surface area contributed by atoms with Gasteiger partial charge in [0, 0.05) is 5.69 Å². The van der Waals surface area contributed by atoms with Gasteiger partial charge in [-0.3, -0.25) is 10.8 Å². The standard InChI is InChI=1S/C14H15N7/c1-9-7-10(2)21(20-9)12-5-3-11(4-6-12)18-19-13(8-15)14(16)17/h3-7,18H,1-2H3,(H3,16,17)/b19-13+. The maximum Gasteiger partial charge on any atom is 0.201 e. The summed E-state index contributed by atoms with van der Waals surface area (Å²) in [6.07, 6.45) is 0. The molecule has 0 radical (unpaired) electrons. The molecule has 106 valence electrons. The Balaban J connectivity index is 2.18. The molecule has 0 bridgehead atoms. The second-order valence-corrected chi connectivity index (χ2v) is 4.48. The van der Waals surface area contributed by atoms with Crippen molar-refractivity contribution >= 4 is 17.2 Å². The Hall–Kier alpha value is -3.14. The quantitative estimate of drug-likeness (QED) is 0.449. The molecule has 4 N–H and O–H groups in total. The average molecular weight is 281 g/mol. The van der Waals surface area contributed by atoms with Crippen molar-refractivity contribution in [1.29, 1.82) is 10.7 Å². The predicted molar refractivity (Wildman–Crippen MR) is 81.6 cm³/mol. The fourth-order valence-corrected chi connectivity index (χ4v) is 1.83. The molecule has 1 aromatic carbocycles. The Bertz CT molecular complexity index is 732. The van der Waals surface area contributed by atoms with E-state index in [0.717, 1.165) is 17.1 Å². The Labute approximate surface area is 122 Å². The van der Waals surface area contributed by atoms with Crippen molar-refractivity contribution in [2.75, 3.05) is 5.43 Å². The highest BCUT2D eigenvalue weighted by Crippen LogP contribution is 2.15. The Morgan fingerprint density at radius 1 is 1.38 bits per heavy atom. The minimum absolute atomic E-state index is 0.155. The zero-order chi connectivity index (χ0) is 15.4. The van der Waals surface area contributed by atoms with E-state index in [4.69, 9.17) is 16.4 Å². The fourth-order valence-electron chi connectivity index (χ4n) is 1.83. The molecule has 0 spiro atoms. The van der Waals surface area contributed by atoms with E-state index in [2.05, 4.69) is 15.6 Å². The SMILES string of the molecule is Cc1cc(C)n(-c2ccc(N/N=C(\C#N)C(=N)N)cc2)n1. The molecule has 0 atom stereocenters. The van der Waals surface area contributed by atoms with Gasteiger partial charge in [0.2, 0.25) is 5.71 Å². The average Bonchev–Trinajstić information content (AvgIpc) is 2.79. The van der Waals surface area contributed by atoms with Gasteiger partial charge in [-0.25, -0.2) is 4.68 Å². The summed E-state index contributed by atoms with van der Waals surface area (Å²) < 4.78 is 1.85. The van der Waals surface area contributed by atoms with E-state index in [1.165, 1.54) is 0 Å². The smallest absolute Gasteiger partial charge is 0.201 e. The van der Waals surface area contributed by atoms with Crippen LogP contribution < -0.4 is 11.2 Å². The number of hydrogen-bond acceptors (Lipinski definition) is 5. The van der Waals surface area contributed by atoms with Gasteiger partial charge in [-0.15, -0.1) is 0 Å². The maximum absolute atomic E-state index is 8.75. The van der Waals surface area contributed by atoms with Crippen LogP contribution in [0.3, 0.4) is 0 Å². The first-order chi connectivity index (χ1) is 10.0. The number of anilines is 1. The number of aryl methyl sites for hydroxylation is 2. The predicted octanol–water partition coefficient (Wildman–Crippen LogP) is 1.72. The summed E-state index contributed by atoms with van der Waals surface area (Å²) in [6, 6.07) is 11.1. The first kappa shape index (κ1) is 14.3. The number of rotatable bonds is 4. The number of benzene rings is 1. The third kappa shape index (κ3) is 3.25. The zero-order valence-corrected chi connectivity index (χ0v) is 11.8. The number of hydrogen-bond donors (Lipinski definition) is 3. The van der Waals surface area contributed by atoms with Gasteiger partial charge in [0.25, 0.3) is 0 Å². The van der Waals surface area contributed by atoms with Gasteiger partial charge in [0.15, 0.2) is 5.84 Å². The Morgan fingerprint density at radius 3 is 2.52 bits per heavy atom. The number of aromatic nitrogens is 2. The van der Waals surface area contributed by atoms with Crippen molar-refractivity contribution in [3.8, 4) is 11.8 Å². The van der Waals surface area contributed by atoms with Crippen LogP contribution in [0, 0.1) is 30.6 Å². The molecule has 0 fully saturated rings. The van der Waals surface area contributed by atoms with Crippen LogP contribution in [0.15, 0.2) is 35.4 Å². The van der Waals surface area contributed by atoms with E-state index in [0.29, 0.717) is 5.69 Å². The number of nitrogens with one attached hydrogen (secondary N) is 2. The van der Waals surface area contributed by atoms with Crippen molar-refractivity contribution in [3.05, 3.63) is 41.7 Å². The van der Waals surface area contributed by atoms with Gasteiger partial charge in [-0.05, 0) is 44.2 Å². The van der Waals surface area contributed by atoms with E-state index >= 15 is 0 Å². The topological polar surface area (TPSA) is 116 Å². The number of amidine groups is 1. The lowest BCUT2D eigenvalue weighted by molar-refractivity contribution is 0.834. The molecule has 7 nitrogen and oxygen atoms in total. The summed E-state index contributed by atoms with van der Waals surface area (Å²) in [5.74, 6) is -0.371. The summed E-state index contributed by atoms with van der Waals surface area (Å²) in [6.45, 7) is 3.93. The van der Waals surface area contributed by atoms with Gasteiger partial charge in [-0.2, -0.15) is 15.5 Å². The molecule has 2 rings (SSSR count). The minimum atomic E-state index is -0.371. The van der Waals surface area contributed by atoms with Crippen LogP contribution in [-0.2, 0) is 0 Å². The van der Waals surface area contributed by atoms with Crippen LogP contribution in [0.25, 0.3) is 5.69 Å². The Morgan fingerprint density at radius 2 is 2.05 bits per heavy atom. The van der Waals surface area contributed by atoms with Crippen LogP contribution in [-0.4, -0.2) is 21.3 Å². The molecule has 0 amide bonds. The second kappa shape index (κ2) is 5.88. The first-order valence-electron chi connectivity index (χ1n) is 6.23. The molecular weight excluding hydrogens is 266 g/mol. The summed E-state index contributed by atoms with van der Waals surface area (Å²) in [7, 11) is 0. The van der Waals surface area contributed by atoms with Crippen LogP contribution in [0.2, 0.25) is 0 Å². The molecule has 0 unspecified atom stereocenters. The van der Waals surface area contributed by atoms with E-state index in [-0.39, 0.29) is 11.5 Å². The van der Waals surface area contributed by atoms with Crippen molar-refractivity contribution in [3.63, 3.8) is 0 Å². The molecule has 0 aliphatic rings.